The number of amides is 3. The van der Waals surface area contributed by atoms with Gasteiger partial charge in [0.2, 0.25) is 11.8 Å². The maximum absolute atomic E-state index is 12.2. The first-order valence-corrected chi connectivity index (χ1v) is 6.29. The van der Waals surface area contributed by atoms with Crippen LogP contribution in [0.3, 0.4) is 0 Å². The van der Waals surface area contributed by atoms with Gasteiger partial charge in [-0.15, -0.1) is 0 Å². The highest BCUT2D eigenvalue weighted by Crippen LogP contribution is 2.15. The molecule has 0 aromatic heterocycles. The third-order valence-electron chi connectivity index (χ3n) is 2.74. The summed E-state index contributed by atoms with van der Waals surface area (Å²) in [6.07, 6.45) is 0. The van der Waals surface area contributed by atoms with Crippen LogP contribution >= 0.6 is 0 Å². The van der Waals surface area contributed by atoms with E-state index in [1.165, 1.54) is 6.92 Å². The average Bonchev–Trinajstić information content (AvgIpc) is 2.34. The van der Waals surface area contributed by atoms with Gasteiger partial charge in [-0.1, -0.05) is 26.0 Å². The zero-order chi connectivity index (χ0) is 15.3. The van der Waals surface area contributed by atoms with Gasteiger partial charge in [0, 0.05) is 6.92 Å². The van der Waals surface area contributed by atoms with E-state index in [0.29, 0.717) is 5.69 Å². The van der Waals surface area contributed by atoms with Gasteiger partial charge in [-0.25, -0.2) is 0 Å². The predicted molar refractivity (Wildman–Crippen MR) is 76.0 cm³/mol. The Morgan fingerprint density at radius 3 is 2.25 bits per heavy atom. The summed E-state index contributed by atoms with van der Waals surface area (Å²) in [7, 11) is 0. The second-order valence-corrected chi connectivity index (χ2v) is 4.82. The number of rotatable bonds is 5. The van der Waals surface area contributed by atoms with Gasteiger partial charge in [0.05, 0.1) is 11.3 Å². The minimum atomic E-state index is -0.757. The zero-order valence-electron chi connectivity index (χ0n) is 11.8. The van der Waals surface area contributed by atoms with Crippen LogP contribution in [0, 0.1) is 5.92 Å². The number of primary amides is 1. The summed E-state index contributed by atoms with van der Waals surface area (Å²) in [4.78, 5) is 34.6. The van der Waals surface area contributed by atoms with Crippen molar-refractivity contribution in [1.82, 2.24) is 5.32 Å². The van der Waals surface area contributed by atoms with Crippen molar-refractivity contribution in [3.05, 3.63) is 29.8 Å². The van der Waals surface area contributed by atoms with Crippen LogP contribution in [0.5, 0.6) is 0 Å². The fourth-order valence-electron chi connectivity index (χ4n) is 1.77. The average molecular weight is 277 g/mol. The molecule has 3 amide bonds. The van der Waals surface area contributed by atoms with Crippen LogP contribution < -0.4 is 16.4 Å². The Morgan fingerprint density at radius 2 is 1.75 bits per heavy atom. The second kappa shape index (κ2) is 6.70. The lowest BCUT2D eigenvalue weighted by molar-refractivity contribution is -0.120. The predicted octanol–water partition coefficient (Wildman–Crippen LogP) is 0.885. The van der Waals surface area contributed by atoms with Crippen LogP contribution in [0.15, 0.2) is 24.3 Å². The standard InChI is InChI=1S/C14H19N3O3/c1-8(2)12(13(15)19)17-14(20)10-6-4-5-7-11(10)16-9(3)18/h4-8,12H,1-3H3,(H2,15,19)(H,16,18)(H,17,20)/t12-/m0/s1. The van der Waals surface area contributed by atoms with Crippen LogP contribution in [0.1, 0.15) is 31.1 Å². The molecule has 0 saturated heterocycles. The van der Waals surface area contributed by atoms with E-state index in [4.69, 9.17) is 5.73 Å². The maximum atomic E-state index is 12.2. The van der Waals surface area contributed by atoms with Crippen molar-refractivity contribution in [2.45, 2.75) is 26.8 Å². The Hall–Kier alpha value is -2.37. The molecule has 0 spiro atoms. The van der Waals surface area contributed by atoms with Crippen molar-refractivity contribution in [3.8, 4) is 0 Å². The van der Waals surface area contributed by atoms with E-state index < -0.39 is 17.9 Å². The number of carbonyl (C=O) groups excluding carboxylic acids is 3. The first-order chi connectivity index (χ1) is 9.32. The minimum Gasteiger partial charge on any atom is -0.368 e. The number of nitrogens with one attached hydrogen (secondary N) is 2. The number of hydrogen-bond donors (Lipinski definition) is 3. The van der Waals surface area contributed by atoms with Gasteiger partial charge in [-0.2, -0.15) is 0 Å². The Bertz CT molecular complexity index is 526. The highest BCUT2D eigenvalue weighted by atomic mass is 16.2. The molecule has 0 aliphatic carbocycles. The molecule has 0 bridgehead atoms. The molecule has 1 aromatic rings. The molecule has 0 aliphatic rings. The van der Waals surface area contributed by atoms with Crippen molar-refractivity contribution in [3.63, 3.8) is 0 Å². The molecule has 1 rings (SSSR count). The smallest absolute Gasteiger partial charge is 0.254 e. The highest BCUT2D eigenvalue weighted by Gasteiger charge is 2.23. The van der Waals surface area contributed by atoms with E-state index in [1.54, 1.807) is 38.1 Å². The molecule has 0 unspecified atom stereocenters. The molecule has 0 saturated carbocycles. The normalized spacial score (nSPS) is 11.8. The monoisotopic (exact) mass is 277 g/mol. The van der Waals surface area contributed by atoms with Crippen LogP contribution in [0.2, 0.25) is 0 Å². The summed E-state index contributed by atoms with van der Waals surface area (Å²) >= 11 is 0. The molecular formula is C14H19N3O3. The van der Waals surface area contributed by atoms with Crippen LogP contribution in [-0.4, -0.2) is 23.8 Å². The third kappa shape index (κ3) is 4.08. The number of benzene rings is 1. The Balaban J connectivity index is 2.97. The van der Waals surface area contributed by atoms with Gasteiger partial charge < -0.3 is 16.4 Å². The van der Waals surface area contributed by atoms with E-state index in [9.17, 15) is 14.4 Å². The van der Waals surface area contributed by atoms with Crippen molar-refractivity contribution >= 4 is 23.4 Å². The SMILES string of the molecule is CC(=O)Nc1ccccc1C(=O)N[C@H](C(N)=O)C(C)C. The lowest BCUT2D eigenvalue weighted by Gasteiger charge is -2.19. The Morgan fingerprint density at radius 1 is 1.15 bits per heavy atom. The first-order valence-electron chi connectivity index (χ1n) is 6.29. The Kier molecular flexibility index (Phi) is 5.25. The topological polar surface area (TPSA) is 101 Å². The van der Waals surface area contributed by atoms with Gasteiger partial charge >= 0.3 is 0 Å². The Labute approximate surface area is 117 Å². The number of hydrogen-bond acceptors (Lipinski definition) is 3. The molecule has 1 atom stereocenters. The number of nitrogens with two attached hydrogens (primary N) is 1. The number of carbonyl (C=O) groups is 3. The highest BCUT2D eigenvalue weighted by molar-refractivity contribution is 6.04. The van der Waals surface area contributed by atoms with Crippen molar-refractivity contribution < 1.29 is 14.4 Å². The van der Waals surface area contributed by atoms with E-state index >= 15 is 0 Å². The molecule has 108 valence electrons. The molecular weight excluding hydrogens is 258 g/mol. The van der Waals surface area contributed by atoms with Gasteiger partial charge in [-0.05, 0) is 18.1 Å². The van der Waals surface area contributed by atoms with Crippen molar-refractivity contribution in [2.75, 3.05) is 5.32 Å². The van der Waals surface area contributed by atoms with E-state index in [0.717, 1.165) is 0 Å². The molecule has 1 aromatic carbocycles. The minimum absolute atomic E-state index is 0.121. The molecule has 6 nitrogen and oxygen atoms in total. The lowest BCUT2D eigenvalue weighted by atomic mass is 10.0. The number of para-hydroxylation sites is 1. The van der Waals surface area contributed by atoms with E-state index in [-0.39, 0.29) is 17.4 Å². The van der Waals surface area contributed by atoms with E-state index in [1.807, 2.05) is 0 Å². The van der Waals surface area contributed by atoms with E-state index in [2.05, 4.69) is 10.6 Å². The summed E-state index contributed by atoms with van der Waals surface area (Å²) in [5, 5.41) is 5.15. The molecule has 4 N–H and O–H groups in total. The van der Waals surface area contributed by atoms with Crippen molar-refractivity contribution in [1.29, 1.82) is 0 Å². The molecule has 0 radical (unpaired) electrons. The quantitative estimate of drug-likeness (QED) is 0.744. The molecule has 0 heterocycles. The third-order valence-corrected chi connectivity index (χ3v) is 2.74. The maximum Gasteiger partial charge on any atom is 0.254 e. The summed E-state index contributed by atoms with van der Waals surface area (Å²) in [6, 6.07) is 5.81. The summed E-state index contributed by atoms with van der Waals surface area (Å²) < 4.78 is 0. The van der Waals surface area contributed by atoms with Gasteiger partial charge in [0.1, 0.15) is 6.04 Å². The van der Waals surface area contributed by atoms with Gasteiger partial charge in [0.15, 0.2) is 0 Å². The molecule has 20 heavy (non-hydrogen) atoms. The zero-order valence-corrected chi connectivity index (χ0v) is 11.8. The second-order valence-electron chi connectivity index (χ2n) is 4.82. The number of anilines is 1. The van der Waals surface area contributed by atoms with Crippen LogP contribution in [0.4, 0.5) is 5.69 Å². The van der Waals surface area contributed by atoms with Crippen LogP contribution in [0.25, 0.3) is 0 Å². The summed E-state index contributed by atoms with van der Waals surface area (Å²) in [5.74, 6) is -1.44. The summed E-state index contributed by atoms with van der Waals surface area (Å²) in [6.45, 7) is 4.93. The summed E-state index contributed by atoms with van der Waals surface area (Å²) in [5.41, 5.74) is 5.94. The first kappa shape index (κ1) is 15.7. The largest absolute Gasteiger partial charge is 0.368 e. The molecule has 0 aliphatic heterocycles. The van der Waals surface area contributed by atoms with Crippen molar-refractivity contribution in [2.24, 2.45) is 11.7 Å². The van der Waals surface area contributed by atoms with Gasteiger partial charge in [-0.3, -0.25) is 14.4 Å². The van der Waals surface area contributed by atoms with Crippen LogP contribution in [-0.2, 0) is 9.59 Å². The molecule has 6 heteroatoms. The van der Waals surface area contributed by atoms with Gasteiger partial charge in [0.25, 0.3) is 5.91 Å². The fraction of sp³-hybridized carbons (Fsp3) is 0.357. The lowest BCUT2D eigenvalue weighted by Crippen LogP contribution is -2.47. The fourth-order valence-corrected chi connectivity index (χ4v) is 1.77. The molecule has 0 fully saturated rings.